The van der Waals surface area contributed by atoms with Crippen molar-refractivity contribution >= 4 is 35.1 Å². The topological polar surface area (TPSA) is 119 Å². The van der Waals surface area contributed by atoms with Crippen molar-refractivity contribution in [3.63, 3.8) is 0 Å². The highest BCUT2D eigenvalue weighted by Gasteiger charge is 2.22. The van der Waals surface area contributed by atoms with Crippen LogP contribution in [0.25, 0.3) is 0 Å². The fourth-order valence-electron chi connectivity index (χ4n) is 1.55. The molecule has 1 aromatic rings. The van der Waals surface area contributed by atoms with E-state index in [4.69, 9.17) is 22.4 Å². The first-order chi connectivity index (χ1) is 9.85. The molecule has 8 heteroatoms. The lowest BCUT2D eigenvalue weighted by Gasteiger charge is -2.14. The molecule has 0 radical (unpaired) electrons. The molecule has 0 saturated heterocycles. The van der Waals surface area contributed by atoms with E-state index < -0.39 is 23.9 Å². The minimum atomic E-state index is -1.24. The highest BCUT2D eigenvalue weighted by molar-refractivity contribution is 6.33. The number of amides is 1. The van der Waals surface area contributed by atoms with Crippen LogP contribution in [0.2, 0.25) is 5.02 Å². The van der Waals surface area contributed by atoms with Gasteiger partial charge < -0.3 is 20.9 Å². The molecule has 114 valence electrons. The number of ether oxygens (including phenoxy) is 1. The number of carboxylic acids is 1. The number of carbonyl (C=O) groups excluding carboxylic acids is 2. The standard InChI is InChI=1S/C13H15ClN2O5/c1-21-11(17)5-4-10(13(19)20)16-12(18)7-2-3-8(14)9(15)6-7/h2-3,6,10H,4-5,15H2,1H3,(H,16,18)(H,19,20). The number of nitrogens with one attached hydrogen (secondary N) is 1. The molecular weight excluding hydrogens is 300 g/mol. The molecule has 4 N–H and O–H groups in total. The molecule has 0 aliphatic carbocycles. The lowest BCUT2D eigenvalue weighted by Crippen LogP contribution is -2.41. The van der Waals surface area contributed by atoms with Crippen molar-refractivity contribution in [2.24, 2.45) is 0 Å². The number of hydrogen-bond acceptors (Lipinski definition) is 5. The SMILES string of the molecule is COC(=O)CCC(NC(=O)c1ccc(Cl)c(N)c1)C(=O)O. The summed E-state index contributed by atoms with van der Waals surface area (Å²) in [5.41, 5.74) is 5.97. The first-order valence-corrected chi connectivity index (χ1v) is 6.38. The van der Waals surface area contributed by atoms with E-state index in [1.54, 1.807) is 0 Å². The fraction of sp³-hybridized carbons (Fsp3) is 0.308. The normalized spacial score (nSPS) is 11.5. The molecule has 1 aromatic carbocycles. The highest BCUT2D eigenvalue weighted by atomic mass is 35.5. The summed E-state index contributed by atoms with van der Waals surface area (Å²) in [5, 5.41) is 11.7. The maximum absolute atomic E-state index is 11.9. The molecule has 21 heavy (non-hydrogen) atoms. The third-order valence-electron chi connectivity index (χ3n) is 2.73. The predicted molar refractivity (Wildman–Crippen MR) is 76.0 cm³/mol. The Morgan fingerprint density at radius 1 is 1.43 bits per heavy atom. The fourth-order valence-corrected chi connectivity index (χ4v) is 1.67. The van der Waals surface area contributed by atoms with Crippen molar-refractivity contribution in [3.8, 4) is 0 Å². The predicted octanol–water partition coefficient (Wildman–Crippen LogP) is 1.06. The molecule has 0 fully saturated rings. The van der Waals surface area contributed by atoms with Gasteiger partial charge in [-0.25, -0.2) is 4.79 Å². The summed E-state index contributed by atoms with van der Waals surface area (Å²) in [7, 11) is 1.20. The number of carboxylic acid groups (broad SMARTS) is 1. The zero-order valence-electron chi connectivity index (χ0n) is 11.3. The van der Waals surface area contributed by atoms with E-state index in [9.17, 15) is 14.4 Å². The van der Waals surface area contributed by atoms with Gasteiger partial charge in [0.05, 0.1) is 17.8 Å². The maximum Gasteiger partial charge on any atom is 0.326 e. The van der Waals surface area contributed by atoms with Gasteiger partial charge in [0.15, 0.2) is 0 Å². The quantitative estimate of drug-likeness (QED) is 0.533. The highest BCUT2D eigenvalue weighted by Crippen LogP contribution is 2.19. The summed E-state index contributed by atoms with van der Waals surface area (Å²) in [4.78, 5) is 34.0. The number of hydrogen-bond donors (Lipinski definition) is 3. The van der Waals surface area contributed by atoms with Crippen LogP contribution in [-0.4, -0.2) is 36.1 Å². The number of aliphatic carboxylic acids is 1. The molecule has 0 aliphatic rings. The first-order valence-electron chi connectivity index (χ1n) is 6.00. The lowest BCUT2D eigenvalue weighted by atomic mass is 10.1. The number of halogens is 1. The van der Waals surface area contributed by atoms with Gasteiger partial charge in [0.1, 0.15) is 6.04 Å². The van der Waals surface area contributed by atoms with Gasteiger partial charge in [0, 0.05) is 12.0 Å². The second-order valence-electron chi connectivity index (χ2n) is 4.22. The summed E-state index contributed by atoms with van der Waals surface area (Å²) >= 11 is 5.74. The van der Waals surface area contributed by atoms with Crippen LogP contribution in [0.15, 0.2) is 18.2 Å². The van der Waals surface area contributed by atoms with Gasteiger partial charge in [0.2, 0.25) is 0 Å². The van der Waals surface area contributed by atoms with E-state index in [1.807, 2.05) is 0 Å². The number of anilines is 1. The van der Waals surface area contributed by atoms with Crippen molar-refractivity contribution in [1.82, 2.24) is 5.32 Å². The van der Waals surface area contributed by atoms with E-state index in [2.05, 4.69) is 10.1 Å². The van der Waals surface area contributed by atoms with Crippen LogP contribution in [0, 0.1) is 0 Å². The van der Waals surface area contributed by atoms with Crippen LogP contribution in [0.3, 0.4) is 0 Å². The van der Waals surface area contributed by atoms with Crippen molar-refractivity contribution in [3.05, 3.63) is 28.8 Å². The van der Waals surface area contributed by atoms with Crippen LogP contribution >= 0.6 is 11.6 Å². The summed E-state index contributed by atoms with van der Waals surface area (Å²) in [6.45, 7) is 0. The zero-order chi connectivity index (χ0) is 16.0. The Morgan fingerprint density at radius 2 is 2.10 bits per heavy atom. The van der Waals surface area contributed by atoms with Crippen molar-refractivity contribution in [1.29, 1.82) is 0 Å². The molecular formula is C13H15ClN2O5. The molecule has 0 saturated carbocycles. The van der Waals surface area contributed by atoms with Crippen molar-refractivity contribution in [2.45, 2.75) is 18.9 Å². The van der Waals surface area contributed by atoms with Crippen LogP contribution in [0.5, 0.6) is 0 Å². The lowest BCUT2D eigenvalue weighted by molar-refractivity contribution is -0.142. The number of nitrogens with two attached hydrogens (primary N) is 1. The number of rotatable bonds is 6. The zero-order valence-corrected chi connectivity index (χ0v) is 12.0. The Hall–Kier alpha value is -2.28. The van der Waals surface area contributed by atoms with Crippen LogP contribution < -0.4 is 11.1 Å². The minimum Gasteiger partial charge on any atom is -0.480 e. The Balaban J connectivity index is 2.74. The van der Waals surface area contributed by atoms with E-state index in [0.29, 0.717) is 5.02 Å². The molecule has 1 atom stereocenters. The minimum absolute atomic E-state index is 0.0726. The smallest absolute Gasteiger partial charge is 0.326 e. The molecule has 0 heterocycles. The monoisotopic (exact) mass is 314 g/mol. The number of esters is 1. The largest absolute Gasteiger partial charge is 0.480 e. The Bertz CT molecular complexity index is 561. The second kappa shape index (κ2) is 7.49. The average molecular weight is 315 g/mol. The number of nitrogen functional groups attached to an aromatic ring is 1. The van der Waals surface area contributed by atoms with Crippen molar-refractivity contribution < 1.29 is 24.2 Å². The molecule has 0 aromatic heterocycles. The second-order valence-corrected chi connectivity index (χ2v) is 4.62. The van der Waals surface area contributed by atoms with Gasteiger partial charge in [0.25, 0.3) is 5.91 Å². The third kappa shape index (κ3) is 4.96. The van der Waals surface area contributed by atoms with Crippen molar-refractivity contribution in [2.75, 3.05) is 12.8 Å². The summed E-state index contributed by atoms with van der Waals surface area (Å²) in [5.74, 6) is -2.41. The van der Waals surface area contributed by atoms with Gasteiger partial charge in [-0.1, -0.05) is 11.6 Å². The molecule has 0 spiro atoms. The molecule has 7 nitrogen and oxygen atoms in total. The maximum atomic E-state index is 11.9. The summed E-state index contributed by atoms with van der Waals surface area (Å²) in [6.07, 6.45) is -0.187. The number of benzene rings is 1. The summed E-state index contributed by atoms with van der Waals surface area (Å²) < 4.78 is 4.42. The molecule has 0 aliphatic heterocycles. The Kier molecular flexibility index (Phi) is 5.98. The Labute approximate surface area is 126 Å². The Morgan fingerprint density at radius 3 is 2.62 bits per heavy atom. The van der Waals surface area contributed by atoms with Crippen LogP contribution in [0.1, 0.15) is 23.2 Å². The van der Waals surface area contributed by atoms with E-state index in [-0.39, 0.29) is 24.1 Å². The van der Waals surface area contributed by atoms with Crippen LogP contribution in [-0.2, 0) is 14.3 Å². The van der Waals surface area contributed by atoms with Gasteiger partial charge in [-0.05, 0) is 24.6 Å². The van der Waals surface area contributed by atoms with Crippen LogP contribution in [0.4, 0.5) is 5.69 Å². The van der Waals surface area contributed by atoms with E-state index >= 15 is 0 Å². The average Bonchev–Trinajstić information content (AvgIpc) is 2.45. The summed E-state index contributed by atoms with van der Waals surface area (Å²) in [6, 6.07) is 3.01. The van der Waals surface area contributed by atoms with E-state index in [0.717, 1.165) is 0 Å². The molecule has 1 rings (SSSR count). The van der Waals surface area contributed by atoms with Gasteiger partial charge in [-0.2, -0.15) is 0 Å². The van der Waals surface area contributed by atoms with Gasteiger partial charge in [-0.3, -0.25) is 9.59 Å². The number of methoxy groups -OCH3 is 1. The molecule has 1 unspecified atom stereocenters. The van der Waals surface area contributed by atoms with E-state index in [1.165, 1.54) is 25.3 Å². The van der Waals surface area contributed by atoms with Gasteiger partial charge >= 0.3 is 11.9 Å². The molecule has 0 bridgehead atoms. The third-order valence-corrected chi connectivity index (χ3v) is 3.07. The first kappa shape index (κ1) is 16.8. The number of carbonyl (C=O) groups is 3. The van der Waals surface area contributed by atoms with Gasteiger partial charge in [-0.15, -0.1) is 0 Å². The molecule has 1 amide bonds.